The van der Waals surface area contributed by atoms with Gasteiger partial charge in [-0.05, 0) is 24.3 Å². The zero-order valence-corrected chi connectivity index (χ0v) is 14.3. The van der Waals surface area contributed by atoms with E-state index in [1.54, 1.807) is 11.3 Å². The van der Waals surface area contributed by atoms with E-state index < -0.39 is 8.07 Å². The number of thiazole rings is 1. The SMILES string of the molecule is C[Si](C)(C)C#Cc1ccc(-c2nc3ccccc3s2)cc1. The summed E-state index contributed by atoms with van der Waals surface area (Å²) in [6.45, 7) is 6.78. The molecule has 0 aliphatic rings. The second kappa shape index (κ2) is 5.48. The Labute approximate surface area is 130 Å². The third kappa shape index (κ3) is 3.41. The van der Waals surface area contributed by atoms with Gasteiger partial charge in [-0.15, -0.1) is 16.9 Å². The van der Waals surface area contributed by atoms with Gasteiger partial charge in [0.25, 0.3) is 0 Å². The average Bonchev–Trinajstić information content (AvgIpc) is 2.89. The normalized spacial score (nSPS) is 11.2. The second-order valence-corrected chi connectivity index (χ2v) is 11.8. The molecule has 0 bridgehead atoms. The van der Waals surface area contributed by atoms with Crippen LogP contribution in [-0.2, 0) is 0 Å². The third-order valence-corrected chi connectivity index (χ3v) is 4.97. The first-order valence-electron chi connectivity index (χ1n) is 7.00. The fourth-order valence-electron chi connectivity index (χ4n) is 1.95. The van der Waals surface area contributed by atoms with Gasteiger partial charge in [0.1, 0.15) is 13.1 Å². The van der Waals surface area contributed by atoms with Crippen LogP contribution in [-0.4, -0.2) is 13.1 Å². The van der Waals surface area contributed by atoms with Crippen LogP contribution < -0.4 is 0 Å². The lowest BCUT2D eigenvalue weighted by Gasteiger charge is -2.03. The highest BCUT2D eigenvalue weighted by molar-refractivity contribution is 7.21. The van der Waals surface area contributed by atoms with Crippen molar-refractivity contribution in [3.63, 3.8) is 0 Å². The maximum absolute atomic E-state index is 4.69. The lowest BCUT2D eigenvalue weighted by molar-refractivity contribution is 1.47. The quantitative estimate of drug-likeness (QED) is 0.445. The van der Waals surface area contributed by atoms with Gasteiger partial charge in [-0.2, -0.15) is 0 Å². The molecule has 0 radical (unpaired) electrons. The van der Waals surface area contributed by atoms with Crippen molar-refractivity contribution in [3.05, 3.63) is 54.1 Å². The summed E-state index contributed by atoms with van der Waals surface area (Å²) in [7, 11) is -1.31. The van der Waals surface area contributed by atoms with Crippen molar-refractivity contribution in [3.8, 4) is 22.0 Å². The topological polar surface area (TPSA) is 12.9 Å². The molecular formula is C18H17NSSi. The number of para-hydroxylation sites is 1. The summed E-state index contributed by atoms with van der Waals surface area (Å²) >= 11 is 1.73. The Hall–Kier alpha value is -1.89. The standard InChI is InChI=1S/C18H17NSSi/c1-21(2,3)13-12-14-8-10-15(11-9-14)18-19-16-6-4-5-7-17(16)20-18/h4-11H,1-3H3. The fourth-order valence-corrected chi connectivity index (χ4v) is 3.44. The van der Waals surface area contributed by atoms with E-state index >= 15 is 0 Å². The smallest absolute Gasteiger partial charge is 0.129 e. The highest BCUT2D eigenvalue weighted by atomic mass is 32.1. The van der Waals surface area contributed by atoms with Crippen LogP contribution in [0.3, 0.4) is 0 Å². The van der Waals surface area contributed by atoms with Crippen LogP contribution in [0.2, 0.25) is 19.6 Å². The lowest BCUT2D eigenvalue weighted by Crippen LogP contribution is -2.16. The van der Waals surface area contributed by atoms with E-state index in [4.69, 9.17) is 0 Å². The van der Waals surface area contributed by atoms with Gasteiger partial charge in [0.2, 0.25) is 0 Å². The molecule has 0 amide bonds. The predicted molar refractivity (Wildman–Crippen MR) is 95.3 cm³/mol. The van der Waals surface area contributed by atoms with Crippen molar-refractivity contribution in [2.24, 2.45) is 0 Å². The maximum atomic E-state index is 4.69. The molecule has 3 heteroatoms. The Morgan fingerprint density at radius 3 is 2.33 bits per heavy atom. The number of nitrogens with zero attached hydrogens (tertiary/aromatic N) is 1. The lowest BCUT2D eigenvalue weighted by atomic mass is 10.1. The van der Waals surface area contributed by atoms with Crippen molar-refractivity contribution in [1.82, 2.24) is 4.98 Å². The van der Waals surface area contributed by atoms with Crippen molar-refractivity contribution in [1.29, 1.82) is 0 Å². The number of hydrogen-bond donors (Lipinski definition) is 0. The summed E-state index contributed by atoms with van der Waals surface area (Å²) in [4.78, 5) is 4.69. The van der Waals surface area contributed by atoms with Gasteiger partial charge in [0.05, 0.1) is 10.2 Å². The van der Waals surface area contributed by atoms with Crippen LogP contribution >= 0.6 is 11.3 Å². The van der Waals surface area contributed by atoms with E-state index in [0.717, 1.165) is 21.7 Å². The molecule has 0 saturated carbocycles. The molecule has 1 nitrogen and oxygen atoms in total. The number of aromatic nitrogens is 1. The van der Waals surface area contributed by atoms with Crippen molar-refractivity contribution in [2.75, 3.05) is 0 Å². The molecule has 0 fully saturated rings. The Morgan fingerprint density at radius 1 is 0.952 bits per heavy atom. The van der Waals surface area contributed by atoms with E-state index in [1.807, 2.05) is 6.07 Å². The zero-order valence-electron chi connectivity index (χ0n) is 12.5. The molecule has 0 N–H and O–H groups in total. The monoisotopic (exact) mass is 307 g/mol. The summed E-state index contributed by atoms with van der Waals surface area (Å²) in [5.74, 6) is 3.28. The minimum absolute atomic E-state index is 1.07. The fraction of sp³-hybridized carbons (Fsp3) is 0.167. The molecule has 0 aliphatic carbocycles. The number of rotatable bonds is 1. The summed E-state index contributed by atoms with van der Waals surface area (Å²) in [6.07, 6.45) is 0. The van der Waals surface area contributed by atoms with Crippen LogP contribution in [0, 0.1) is 11.5 Å². The molecule has 0 unspecified atom stereocenters. The molecule has 0 aliphatic heterocycles. The van der Waals surface area contributed by atoms with Gasteiger partial charge >= 0.3 is 0 Å². The van der Waals surface area contributed by atoms with Crippen LogP contribution in [0.5, 0.6) is 0 Å². The van der Waals surface area contributed by atoms with Crippen LogP contribution in [0.4, 0.5) is 0 Å². The Balaban J connectivity index is 1.91. The minimum atomic E-state index is -1.31. The van der Waals surface area contributed by atoms with Crippen LogP contribution in [0.25, 0.3) is 20.8 Å². The third-order valence-electron chi connectivity index (χ3n) is 3.01. The first kappa shape index (κ1) is 14.1. The highest BCUT2D eigenvalue weighted by Crippen LogP contribution is 2.29. The molecule has 1 heterocycles. The number of fused-ring (bicyclic) bond motifs is 1. The van der Waals surface area contributed by atoms with E-state index in [-0.39, 0.29) is 0 Å². The molecule has 3 aromatic rings. The van der Waals surface area contributed by atoms with E-state index in [2.05, 4.69) is 78.6 Å². The van der Waals surface area contributed by atoms with Crippen molar-refractivity contribution in [2.45, 2.75) is 19.6 Å². The first-order chi connectivity index (χ1) is 10.0. The van der Waals surface area contributed by atoms with Crippen LogP contribution in [0.15, 0.2) is 48.5 Å². The molecule has 1 aromatic heterocycles. The van der Waals surface area contributed by atoms with E-state index in [9.17, 15) is 0 Å². The highest BCUT2D eigenvalue weighted by Gasteiger charge is 2.08. The molecule has 2 aromatic carbocycles. The molecule has 0 saturated heterocycles. The maximum Gasteiger partial charge on any atom is 0.129 e. The van der Waals surface area contributed by atoms with Gasteiger partial charge in [0.15, 0.2) is 0 Å². The summed E-state index contributed by atoms with van der Waals surface area (Å²) in [5.41, 5.74) is 6.71. The van der Waals surface area contributed by atoms with Gasteiger partial charge in [0, 0.05) is 11.1 Å². The summed E-state index contributed by atoms with van der Waals surface area (Å²) in [5, 5.41) is 1.07. The Kier molecular flexibility index (Phi) is 3.67. The largest absolute Gasteiger partial charge is 0.236 e. The zero-order chi connectivity index (χ0) is 14.9. The minimum Gasteiger partial charge on any atom is -0.236 e. The predicted octanol–water partition coefficient (Wildman–Crippen LogP) is 5.19. The van der Waals surface area contributed by atoms with Crippen LogP contribution in [0.1, 0.15) is 5.56 Å². The van der Waals surface area contributed by atoms with E-state index in [0.29, 0.717) is 0 Å². The number of hydrogen-bond acceptors (Lipinski definition) is 2. The van der Waals surface area contributed by atoms with Crippen molar-refractivity contribution >= 4 is 29.6 Å². The van der Waals surface area contributed by atoms with Gasteiger partial charge in [-0.25, -0.2) is 4.98 Å². The van der Waals surface area contributed by atoms with E-state index in [1.165, 1.54) is 4.70 Å². The summed E-state index contributed by atoms with van der Waals surface area (Å²) in [6, 6.07) is 16.7. The van der Waals surface area contributed by atoms with Gasteiger partial charge in [-0.3, -0.25) is 0 Å². The van der Waals surface area contributed by atoms with Crippen molar-refractivity contribution < 1.29 is 0 Å². The molecule has 0 spiro atoms. The Morgan fingerprint density at radius 2 is 1.67 bits per heavy atom. The molecule has 104 valence electrons. The molecule has 21 heavy (non-hydrogen) atoms. The summed E-state index contributed by atoms with van der Waals surface area (Å²) < 4.78 is 1.23. The Bertz CT molecular complexity index is 796. The molecular weight excluding hydrogens is 290 g/mol. The second-order valence-electron chi connectivity index (χ2n) is 6.06. The number of benzene rings is 2. The average molecular weight is 307 g/mol. The molecule has 0 atom stereocenters. The van der Waals surface area contributed by atoms with Gasteiger partial charge in [-0.1, -0.05) is 49.8 Å². The van der Waals surface area contributed by atoms with Gasteiger partial charge < -0.3 is 0 Å². The first-order valence-corrected chi connectivity index (χ1v) is 11.3. The molecule has 3 rings (SSSR count).